The summed E-state index contributed by atoms with van der Waals surface area (Å²) < 4.78 is 39.1. The molecule has 0 bridgehead atoms. The fourth-order valence-corrected chi connectivity index (χ4v) is 0.552. The van der Waals surface area contributed by atoms with E-state index < -0.39 is 12.8 Å². The second kappa shape index (κ2) is 3.42. The fourth-order valence-electron chi connectivity index (χ4n) is 0.552. The molecule has 0 fully saturated rings. The molecular formula is C7H5F3NO. The molecule has 0 unspecified atom stereocenters. The van der Waals surface area contributed by atoms with Crippen molar-refractivity contribution in [3.05, 3.63) is 24.5 Å². The Morgan fingerprint density at radius 1 is 1.50 bits per heavy atom. The molecule has 2 nitrogen and oxygen atoms in total. The number of hydrogen-bond acceptors (Lipinski definition) is 2. The number of rotatable bonds is 2. The lowest BCUT2D eigenvalue weighted by Gasteiger charge is -2.07. The zero-order valence-corrected chi connectivity index (χ0v) is 5.93. The quantitative estimate of drug-likeness (QED) is 0.685. The number of alkyl halides is 3. The van der Waals surface area contributed by atoms with E-state index in [-0.39, 0.29) is 5.75 Å². The van der Waals surface area contributed by atoms with Crippen LogP contribution in [0.3, 0.4) is 0 Å². The first kappa shape index (κ1) is 8.83. The minimum atomic E-state index is -4.31. The minimum absolute atomic E-state index is 0.0438. The fraction of sp³-hybridized carbons (Fsp3) is 0.286. The number of pyridine rings is 1. The maximum Gasteiger partial charge on any atom is 0.422 e. The van der Waals surface area contributed by atoms with Gasteiger partial charge in [-0.25, -0.2) is 0 Å². The van der Waals surface area contributed by atoms with Crippen LogP contribution in [-0.4, -0.2) is 17.8 Å². The smallest absolute Gasteiger partial charge is 0.422 e. The molecule has 1 aromatic heterocycles. The largest absolute Gasteiger partial charge is 0.483 e. The molecule has 0 saturated heterocycles. The van der Waals surface area contributed by atoms with Gasteiger partial charge < -0.3 is 4.74 Å². The van der Waals surface area contributed by atoms with Gasteiger partial charge in [0, 0.05) is 18.5 Å². The van der Waals surface area contributed by atoms with Gasteiger partial charge in [-0.05, 0) is 6.07 Å². The van der Waals surface area contributed by atoms with Gasteiger partial charge in [-0.15, -0.1) is 0 Å². The minimum Gasteiger partial charge on any atom is -0.483 e. The lowest BCUT2D eigenvalue weighted by atomic mass is 10.4. The lowest BCUT2D eigenvalue weighted by molar-refractivity contribution is -0.153. The molecule has 1 aromatic rings. The molecule has 12 heavy (non-hydrogen) atoms. The van der Waals surface area contributed by atoms with Crippen molar-refractivity contribution < 1.29 is 17.9 Å². The zero-order valence-electron chi connectivity index (χ0n) is 5.93. The Bertz CT molecular complexity index is 234. The van der Waals surface area contributed by atoms with Crippen LogP contribution in [0.1, 0.15) is 0 Å². The Labute approximate surface area is 67.0 Å². The van der Waals surface area contributed by atoms with Gasteiger partial charge in [0.25, 0.3) is 0 Å². The van der Waals surface area contributed by atoms with Gasteiger partial charge >= 0.3 is 6.18 Å². The highest BCUT2D eigenvalue weighted by atomic mass is 19.4. The first-order valence-corrected chi connectivity index (χ1v) is 3.09. The second-order valence-electron chi connectivity index (χ2n) is 2.01. The van der Waals surface area contributed by atoms with E-state index in [1.807, 2.05) is 0 Å². The number of aromatic nitrogens is 1. The summed E-state index contributed by atoms with van der Waals surface area (Å²) in [6, 6.07) is 3.72. The van der Waals surface area contributed by atoms with E-state index in [9.17, 15) is 13.2 Å². The van der Waals surface area contributed by atoms with Crippen molar-refractivity contribution in [1.29, 1.82) is 0 Å². The molecule has 0 aromatic carbocycles. The third-order valence-corrected chi connectivity index (χ3v) is 0.985. The van der Waals surface area contributed by atoms with E-state index in [0.29, 0.717) is 0 Å². The van der Waals surface area contributed by atoms with Crippen molar-refractivity contribution in [2.24, 2.45) is 0 Å². The maximum atomic E-state index is 11.6. The molecule has 1 heterocycles. The van der Waals surface area contributed by atoms with Crippen LogP contribution in [0.15, 0.2) is 18.5 Å². The standard InChI is InChI=1S/C7H5F3NO/c8-7(9,10)5-12-6-1-3-11-4-2-6/h1,3-4H,5H2. The monoisotopic (exact) mass is 176 g/mol. The Morgan fingerprint density at radius 2 is 2.25 bits per heavy atom. The molecule has 0 aliphatic carbocycles. The molecule has 0 spiro atoms. The normalized spacial score (nSPS) is 11.2. The molecule has 0 N–H and O–H groups in total. The molecule has 1 rings (SSSR count). The first-order chi connectivity index (χ1) is 5.58. The number of hydrogen-bond donors (Lipinski definition) is 0. The predicted molar refractivity (Wildman–Crippen MR) is 34.6 cm³/mol. The van der Waals surface area contributed by atoms with Gasteiger partial charge in [0.15, 0.2) is 6.61 Å². The van der Waals surface area contributed by atoms with Gasteiger partial charge in [0.05, 0.1) is 0 Å². The lowest BCUT2D eigenvalue weighted by Crippen LogP contribution is -2.19. The van der Waals surface area contributed by atoms with Crippen molar-refractivity contribution in [3.8, 4) is 5.75 Å². The summed E-state index contributed by atoms with van der Waals surface area (Å²) in [7, 11) is 0. The zero-order chi connectivity index (χ0) is 9.03. The third-order valence-electron chi connectivity index (χ3n) is 0.985. The van der Waals surface area contributed by atoms with Crippen molar-refractivity contribution in [2.45, 2.75) is 6.18 Å². The van der Waals surface area contributed by atoms with Gasteiger partial charge in [-0.2, -0.15) is 13.2 Å². The van der Waals surface area contributed by atoms with Crippen molar-refractivity contribution >= 4 is 0 Å². The summed E-state index contributed by atoms with van der Waals surface area (Å²) >= 11 is 0. The predicted octanol–water partition coefficient (Wildman–Crippen LogP) is 1.82. The summed E-state index contributed by atoms with van der Waals surface area (Å²) in [6.45, 7) is -1.30. The molecule has 0 aliphatic rings. The van der Waals surface area contributed by atoms with E-state index in [2.05, 4.69) is 15.8 Å². The SMILES string of the molecule is FC(F)(F)COc1[c]cncc1. The van der Waals surface area contributed by atoms with Crippen LogP contribution in [0.4, 0.5) is 13.2 Å². The van der Waals surface area contributed by atoms with Crippen LogP contribution < -0.4 is 4.74 Å². The molecule has 1 radical (unpaired) electrons. The van der Waals surface area contributed by atoms with E-state index >= 15 is 0 Å². The number of ether oxygens (including phenoxy) is 1. The Hall–Kier alpha value is -1.26. The van der Waals surface area contributed by atoms with Crippen LogP contribution in [0.25, 0.3) is 0 Å². The number of halogens is 3. The maximum absolute atomic E-state index is 11.6. The summed E-state index contributed by atoms with van der Waals surface area (Å²) in [5.74, 6) is 0.0438. The van der Waals surface area contributed by atoms with Gasteiger partial charge in [-0.1, -0.05) is 0 Å². The second-order valence-corrected chi connectivity index (χ2v) is 2.01. The van der Waals surface area contributed by atoms with Gasteiger partial charge in [0.2, 0.25) is 0 Å². The molecule has 65 valence electrons. The molecule has 0 amide bonds. The Balaban J connectivity index is 2.44. The highest BCUT2D eigenvalue weighted by Crippen LogP contribution is 2.16. The summed E-state index contributed by atoms with van der Waals surface area (Å²) in [4.78, 5) is 3.57. The van der Waals surface area contributed by atoms with Gasteiger partial charge in [0.1, 0.15) is 5.75 Å². The molecular weight excluding hydrogens is 171 g/mol. The van der Waals surface area contributed by atoms with Crippen molar-refractivity contribution in [2.75, 3.05) is 6.61 Å². The summed E-state index contributed by atoms with van der Waals surface area (Å²) in [5.41, 5.74) is 0. The van der Waals surface area contributed by atoms with Gasteiger partial charge in [-0.3, -0.25) is 4.98 Å². The van der Waals surface area contributed by atoms with Crippen LogP contribution in [0.5, 0.6) is 5.75 Å². The molecule has 0 aliphatic heterocycles. The highest BCUT2D eigenvalue weighted by molar-refractivity contribution is 5.14. The van der Waals surface area contributed by atoms with Crippen LogP contribution in [0.2, 0.25) is 0 Å². The average Bonchev–Trinajstić information content (AvgIpc) is 2.02. The van der Waals surface area contributed by atoms with Crippen molar-refractivity contribution in [3.63, 3.8) is 0 Å². The van der Waals surface area contributed by atoms with E-state index in [1.165, 1.54) is 18.5 Å². The first-order valence-electron chi connectivity index (χ1n) is 3.09. The van der Waals surface area contributed by atoms with E-state index in [1.54, 1.807) is 0 Å². The topological polar surface area (TPSA) is 22.1 Å². The van der Waals surface area contributed by atoms with Crippen LogP contribution in [-0.2, 0) is 0 Å². The summed E-state index contributed by atoms with van der Waals surface area (Å²) in [5, 5.41) is 0. The Morgan fingerprint density at radius 3 is 2.75 bits per heavy atom. The average molecular weight is 176 g/mol. The van der Waals surface area contributed by atoms with E-state index in [0.717, 1.165) is 0 Å². The highest BCUT2D eigenvalue weighted by Gasteiger charge is 2.28. The van der Waals surface area contributed by atoms with Crippen molar-refractivity contribution in [1.82, 2.24) is 4.98 Å². The Kier molecular flexibility index (Phi) is 2.52. The molecule has 0 saturated carbocycles. The van der Waals surface area contributed by atoms with Crippen LogP contribution >= 0.6 is 0 Å². The van der Waals surface area contributed by atoms with E-state index in [4.69, 9.17) is 0 Å². The molecule has 5 heteroatoms. The molecule has 0 atom stereocenters. The van der Waals surface area contributed by atoms with Crippen LogP contribution in [0, 0.1) is 6.07 Å². The summed E-state index contributed by atoms with van der Waals surface area (Å²) in [6.07, 6.45) is -1.73. The number of nitrogens with zero attached hydrogens (tertiary/aromatic N) is 1. The third kappa shape index (κ3) is 3.23.